The number of hydrogen-bond donors (Lipinski definition) is 0. The first kappa shape index (κ1) is 25.5. The summed E-state index contributed by atoms with van der Waals surface area (Å²) >= 11 is 1.63. The number of benzene rings is 2. The number of hydrogen-bond acceptors (Lipinski definition) is 5. The van der Waals surface area contributed by atoms with Crippen LogP contribution in [0.1, 0.15) is 28.8 Å². The molecule has 1 aromatic heterocycles. The highest BCUT2D eigenvalue weighted by Crippen LogP contribution is 2.29. The van der Waals surface area contributed by atoms with E-state index in [1.54, 1.807) is 36.5 Å². The summed E-state index contributed by atoms with van der Waals surface area (Å²) in [5, 5.41) is 2.01. The average molecular weight is 505 g/mol. The fourth-order valence-corrected chi connectivity index (χ4v) is 4.75. The van der Waals surface area contributed by atoms with Gasteiger partial charge in [0, 0.05) is 23.5 Å². The highest BCUT2D eigenvalue weighted by molar-refractivity contribution is 7.09. The monoisotopic (exact) mass is 504 g/mol. The van der Waals surface area contributed by atoms with Crippen LogP contribution in [0.4, 0.5) is 0 Å². The van der Waals surface area contributed by atoms with Gasteiger partial charge in [0.1, 0.15) is 6.54 Å². The molecule has 0 N–H and O–H groups in total. The van der Waals surface area contributed by atoms with E-state index in [1.165, 1.54) is 0 Å². The van der Waals surface area contributed by atoms with Crippen molar-refractivity contribution in [2.24, 2.45) is 0 Å². The molecule has 1 saturated carbocycles. The molecule has 7 heteroatoms. The highest BCUT2D eigenvalue weighted by Gasteiger charge is 2.34. The molecule has 0 saturated heterocycles. The van der Waals surface area contributed by atoms with Crippen LogP contribution >= 0.6 is 11.3 Å². The van der Waals surface area contributed by atoms with E-state index in [0.29, 0.717) is 31.0 Å². The van der Waals surface area contributed by atoms with Gasteiger partial charge in [-0.25, -0.2) is 0 Å². The van der Waals surface area contributed by atoms with Crippen LogP contribution < -0.4 is 9.47 Å². The van der Waals surface area contributed by atoms with Gasteiger partial charge in [0.25, 0.3) is 0 Å². The minimum absolute atomic E-state index is 0.0442. The maximum Gasteiger partial charge on any atom is 0.247 e. The minimum atomic E-state index is -0.120. The van der Waals surface area contributed by atoms with Crippen molar-refractivity contribution in [2.45, 2.75) is 31.8 Å². The summed E-state index contributed by atoms with van der Waals surface area (Å²) in [5.41, 5.74) is 2.01. The first-order valence-electron chi connectivity index (χ1n) is 12.1. The lowest BCUT2D eigenvalue weighted by atomic mass is 10.1. The molecule has 1 heterocycles. The van der Waals surface area contributed by atoms with Gasteiger partial charge in [-0.2, -0.15) is 0 Å². The van der Waals surface area contributed by atoms with Gasteiger partial charge in [-0.05, 0) is 60.0 Å². The average Bonchev–Trinajstić information content (AvgIpc) is 3.63. The van der Waals surface area contributed by atoms with Gasteiger partial charge in [-0.1, -0.05) is 42.5 Å². The van der Waals surface area contributed by atoms with E-state index < -0.39 is 0 Å². The summed E-state index contributed by atoms with van der Waals surface area (Å²) in [5.74, 6) is 1.18. The number of carbonyl (C=O) groups excluding carboxylic acids is 2. The second-order valence-electron chi connectivity index (χ2n) is 8.78. The topological polar surface area (TPSA) is 59.1 Å². The quantitative estimate of drug-likeness (QED) is 0.324. The van der Waals surface area contributed by atoms with E-state index >= 15 is 0 Å². The Labute approximate surface area is 216 Å². The van der Waals surface area contributed by atoms with Gasteiger partial charge in [-0.15, -0.1) is 11.3 Å². The number of ether oxygens (including phenoxy) is 2. The van der Waals surface area contributed by atoms with Crippen LogP contribution in [0.2, 0.25) is 0 Å². The maximum atomic E-state index is 13.5. The van der Waals surface area contributed by atoms with E-state index in [0.717, 1.165) is 28.8 Å². The van der Waals surface area contributed by atoms with Crippen molar-refractivity contribution in [3.05, 3.63) is 88.1 Å². The normalized spacial score (nSPS) is 12.9. The zero-order valence-corrected chi connectivity index (χ0v) is 21.6. The number of amides is 2. The Balaban J connectivity index is 1.45. The molecule has 1 aliphatic rings. The molecule has 0 unspecified atom stereocenters. The van der Waals surface area contributed by atoms with Crippen LogP contribution in [0.15, 0.2) is 72.1 Å². The smallest absolute Gasteiger partial charge is 0.247 e. The lowest BCUT2D eigenvalue weighted by Crippen LogP contribution is -2.43. The van der Waals surface area contributed by atoms with Gasteiger partial charge >= 0.3 is 0 Å². The van der Waals surface area contributed by atoms with Crippen molar-refractivity contribution >= 4 is 29.2 Å². The molecule has 4 rings (SSSR count). The van der Waals surface area contributed by atoms with E-state index in [4.69, 9.17) is 9.47 Å². The van der Waals surface area contributed by atoms with E-state index in [1.807, 2.05) is 77.0 Å². The molecule has 2 amide bonds. The number of nitrogens with zero attached hydrogens (tertiary/aromatic N) is 2. The fraction of sp³-hybridized carbons (Fsp3) is 0.310. The van der Waals surface area contributed by atoms with Gasteiger partial charge in [0.2, 0.25) is 11.8 Å². The van der Waals surface area contributed by atoms with Crippen molar-refractivity contribution in [1.29, 1.82) is 0 Å². The van der Waals surface area contributed by atoms with Crippen molar-refractivity contribution in [3.63, 3.8) is 0 Å². The summed E-state index contributed by atoms with van der Waals surface area (Å²) in [6, 6.07) is 19.7. The molecule has 0 atom stereocenters. The first-order valence-corrected chi connectivity index (χ1v) is 13.0. The third kappa shape index (κ3) is 6.98. The molecule has 0 spiro atoms. The molecule has 0 radical (unpaired) electrons. The largest absolute Gasteiger partial charge is 0.493 e. The van der Waals surface area contributed by atoms with E-state index in [9.17, 15) is 9.59 Å². The Morgan fingerprint density at radius 3 is 2.44 bits per heavy atom. The van der Waals surface area contributed by atoms with E-state index in [2.05, 4.69) is 0 Å². The summed E-state index contributed by atoms with van der Waals surface area (Å²) < 4.78 is 10.8. The first-order chi connectivity index (χ1) is 17.6. The lowest BCUT2D eigenvalue weighted by Gasteiger charge is -2.27. The third-order valence-electron chi connectivity index (χ3n) is 6.19. The molecule has 1 fully saturated rings. The van der Waals surface area contributed by atoms with Crippen LogP contribution in [0.3, 0.4) is 0 Å². The van der Waals surface area contributed by atoms with Crippen molar-refractivity contribution in [1.82, 2.24) is 9.80 Å². The fourth-order valence-electron chi connectivity index (χ4n) is 4.03. The molecule has 6 nitrogen and oxygen atoms in total. The molecule has 3 aromatic rings. The Morgan fingerprint density at radius 1 is 1.00 bits per heavy atom. The predicted molar refractivity (Wildman–Crippen MR) is 143 cm³/mol. The van der Waals surface area contributed by atoms with Crippen LogP contribution in [-0.2, 0) is 22.6 Å². The van der Waals surface area contributed by atoms with Crippen LogP contribution in [0, 0.1) is 0 Å². The van der Waals surface area contributed by atoms with Gasteiger partial charge in [0.15, 0.2) is 11.5 Å². The Kier molecular flexibility index (Phi) is 8.79. The van der Waals surface area contributed by atoms with Crippen molar-refractivity contribution < 1.29 is 19.1 Å². The van der Waals surface area contributed by atoms with Gasteiger partial charge in [-0.3, -0.25) is 9.59 Å². The third-order valence-corrected chi connectivity index (χ3v) is 7.05. The number of rotatable bonds is 12. The summed E-state index contributed by atoms with van der Waals surface area (Å²) in [6.45, 7) is 1.15. The molecule has 0 aliphatic heterocycles. The molecule has 2 aromatic carbocycles. The molecule has 0 bridgehead atoms. The van der Waals surface area contributed by atoms with E-state index in [-0.39, 0.29) is 24.4 Å². The molecular weight excluding hydrogens is 472 g/mol. The summed E-state index contributed by atoms with van der Waals surface area (Å²) in [7, 11) is 3.23. The number of methoxy groups -OCH3 is 2. The Morgan fingerprint density at radius 2 is 1.78 bits per heavy atom. The van der Waals surface area contributed by atoms with Crippen molar-refractivity contribution in [3.8, 4) is 11.5 Å². The molecule has 36 heavy (non-hydrogen) atoms. The zero-order chi connectivity index (χ0) is 25.3. The SMILES string of the molecule is COc1ccc(CCN(Cc2cccs2)C(=O)CN(C(=O)/C=C/c2ccccc2)C2CC2)cc1OC. The maximum absolute atomic E-state index is 13.5. The number of carbonyl (C=O) groups is 2. The summed E-state index contributed by atoms with van der Waals surface area (Å²) in [4.78, 5) is 31.2. The number of thiophene rings is 1. The van der Waals surface area contributed by atoms with Gasteiger partial charge in [0.05, 0.1) is 20.8 Å². The second kappa shape index (κ2) is 12.4. The molecular formula is C29H32N2O4S. The second-order valence-corrected chi connectivity index (χ2v) is 9.81. The Hall–Kier alpha value is -3.58. The Bertz CT molecular complexity index is 1170. The lowest BCUT2D eigenvalue weighted by molar-refractivity contribution is -0.139. The summed E-state index contributed by atoms with van der Waals surface area (Å²) in [6.07, 6.45) is 5.93. The standard InChI is InChI=1S/C29H32N2O4S/c1-34-26-14-10-23(19-27(26)35-2)16-17-30(20-25-9-6-18-36-25)29(33)21-31(24-12-13-24)28(32)15-11-22-7-4-3-5-8-22/h3-11,14-15,18-19,24H,12-13,16-17,20-21H2,1-2H3/b15-11+. The van der Waals surface area contributed by atoms with Crippen LogP contribution in [-0.4, -0.2) is 55.0 Å². The predicted octanol–water partition coefficient (Wildman–Crippen LogP) is 5.04. The van der Waals surface area contributed by atoms with Crippen LogP contribution in [0.5, 0.6) is 11.5 Å². The molecule has 188 valence electrons. The highest BCUT2D eigenvalue weighted by atomic mass is 32.1. The van der Waals surface area contributed by atoms with Gasteiger partial charge < -0.3 is 19.3 Å². The van der Waals surface area contributed by atoms with Crippen LogP contribution in [0.25, 0.3) is 6.08 Å². The van der Waals surface area contributed by atoms with Crippen molar-refractivity contribution in [2.75, 3.05) is 27.3 Å². The molecule has 1 aliphatic carbocycles. The zero-order valence-electron chi connectivity index (χ0n) is 20.8. The minimum Gasteiger partial charge on any atom is -0.493 e.